The van der Waals surface area contributed by atoms with Crippen molar-refractivity contribution in [3.05, 3.63) is 80.9 Å². The van der Waals surface area contributed by atoms with Crippen molar-refractivity contribution < 1.29 is 18.9 Å². The number of rotatable bonds is 2. The van der Waals surface area contributed by atoms with Crippen LogP contribution >= 0.6 is 0 Å². The lowest BCUT2D eigenvalue weighted by atomic mass is 10.0. The molecule has 4 aromatic rings. The molecule has 0 aliphatic carbocycles. The number of aryl methyl sites for hydroxylation is 2. The minimum atomic E-state index is -0.0408. The standard InChI is InChI=1S/C32H22N6O4/c1-5-23-25(13-33)29-37-30(26(23)14-34)40-20-8-18(4)10-22(12-20)42-32-28(16-36)24(6-2)27(15-35)31(38-32)41-21-9-17(3)7-19(11-21)39-29/h7-12H,5-6H2,1-4H3. The van der Waals surface area contributed by atoms with Crippen molar-refractivity contribution in [2.24, 2.45) is 0 Å². The van der Waals surface area contributed by atoms with Gasteiger partial charge in [0, 0.05) is 12.1 Å². The molecular formula is C32H22N6O4. The molecule has 5 rings (SSSR count). The Morgan fingerprint density at radius 1 is 0.500 bits per heavy atom. The lowest BCUT2D eigenvalue weighted by molar-refractivity contribution is 0.403. The molecule has 0 unspecified atom stereocenters. The van der Waals surface area contributed by atoms with E-state index in [0.29, 0.717) is 24.0 Å². The number of fused-ring (bicyclic) bond motifs is 8. The third-order valence-electron chi connectivity index (χ3n) is 6.53. The minimum absolute atomic E-state index is 0.0408. The van der Waals surface area contributed by atoms with Crippen molar-refractivity contribution >= 4 is 0 Å². The summed E-state index contributed by atoms with van der Waals surface area (Å²) < 4.78 is 24.5. The summed E-state index contributed by atoms with van der Waals surface area (Å²) in [5.41, 5.74) is 2.78. The van der Waals surface area contributed by atoms with E-state index >= 15 is 0 Å². The third kappa shape index (κ3) is 4.97. The van der Waals surface area contributed by atoms with E-state index in [0.717, 1.165) is 11.1 Å². The van der Waals surface area contributed by atoms with Crippen LogP contribution in [0.1, 0.15) is 58.4 Å². The summed E-state index contributed by atoms with van der Waals surface area (Å²) in [7, 11) is 0. The molecule has 8 bridgehead atoms. The fourth-order valence-corrected chi connectivity index (χ4v) is 4.75. The van der Waals surface area contributed by atoms with E-state index in [2.05, 4.69) is 34.2 Å². The molecule has 0 atom stereocenters. The topological polar surface area (TPSA) is 158 Å². The maximum atomic E-state index is 10.0. The summed E-state index contributed by atoms with van der Waals surface area (Å²) in [6.07, 6.45) is 0.693. The van der Waals surface area contributed by atoms with Gasteiger partial charge in [-0.1, -0.05) is 13.8 Å². The predicted molar refractivity (Wildman–Crippen MR) is 149 cm³/mol. The van der Waals surface area contributed by atoms with Crippen molar-refractivity contribution in [3.63, 3.8) is 0 Å². The Bertz CT molecular complexity index is 1680. The summed E-state index contributed by atoms with van der Waals surface area (Å²) >= 11 is 0. The number of aromatic nitrogens is 2. The fraction of sp³-hybridized carbons (Fsp3) is 0.188. The number of benzene rings is 2. The average molecular weight is 555 g/mol. The number of nitriles is 4. The molecule has 2 aromatic heterocycles. The quantitative estimate of drug-likeness (QED) is 0.219. The Kier molecular flexibility index (Phi) is 7.31. The monoisotopic (exact) mass is 554 g/mol. The molecule has 0 spiro atoms. The first-order valence-corrected chi connectivity index (χ1v) is 13.0. The van der Waals surface area contributed by atoms with Crippen LogP contribution in [0.4, 0.5) is 0 Å². The summed E-state index contributed by atoms with van der Waals surface area (Å²) in [6.45, 7) is 7.27. The van der Waals surface area contributed by atoms with Crippen molar-refractivity contribution in [3.8, 4) is 70.8 Å². The van der Waals surface area contributed by atoms with Gasteiger partial charge < -0.3 is 18.9 Å². The Morgan fingerprint density at radius 3 is 0.976 bits per heavy atom. The summed E-state index contributed by atoms with van der Waals surface area (Å²) in [5, 5.41) is 40.1. The maximum absolute atomic E-state index is 10.0. The number of ether oxygens (including phenoxy) is 4. The van der Waals surface area contributed by atoms with Gasteiger partial charge in [0.05, 0.1) is 0 Å². The van der Waals surface area contributed by atoms with E-state index in [1.54, 1.807) is 36.4 Å². The Labute approximate surface area is 242 Å². The van der Waals surface area contributed by atoms with Gasteiger partial charge in [0.2, 0.25) is 23.5 Å². The number of hydrogen-bond donors (Lipinski definition) is 0. The van der Waals surface area contributed by atoms with Crippen LogP contribution < -0.4 is 18.9 Å². The molecule has 3 heterocycles. The van der Waals surface area contributed by atoms with E-state index in [4.69, 9.17) is 18.9 Å². The molecule has 0 fully saturated rings. The highest BCUT2D eigenvalue weighted by Crippen LogP contribution is 2.40. The van der Waals surface area contributed by atoms with Crippen LogP contribution in [0.2, 0.25) is 0 Å². The largest absolute Gasteiger partial charge is 0.437 e. The number of nitrogens with zero attached hydrogens (tertiary/aromatic N) is 6. The predicted octanol–water partition coefficient (Wildman–Crippen LogP) is 7.19. The maximum Gasteiger partial charge on any atom is 0.240 e. The molecule has 2 aromatic carbocycles. The molecule has 42 heavy (non-hydrogen) atoms. The molecule has 10 heteroatoms. The van der Waals surface area contributed by atoms with Crippen LogP contribution in [0.3, 0.4) is 0 Å². The second kappa shape index (κ2) is 11.2. The molecule has 10 nitrogen and oxygen atoms in total. The third-order valence-corrected chi connectivity index (χ3v) is 6.53. The summed E-state index contributed by atoms with van der Waals surface area (Å²) in [5.74, 6) is 0.988. The highest BCUT2D eigenvalue weighted by molar-refractivity contribution is 5.61. The van der Waals surface area contributed by atoms with Gasteiger partial charge in [0.1, 0.15) is 69.5 Å². The summed E-state index contributed by atoms with van der Waals surface area (Å²) in [6, 6.07) is 18.5. The second-order valence-corrected chi connectivity index (χ2v) is 9.43. The van der Waals surface area contributed by atoms with E-state index in [1.165, 1.54) is 0 Å². The van der Waals surface area contributed by atoms with Crippen molar-refractivity contribution in [2.45, 2.75) is 40.5 Å². The highest BCUT2D eigenvalue weighted by Gasteiger charge is 2.25. The zero-order valence-electron chi connectivity index (χ0n) is 23.2. The summed E-state index contributed by atoms with van der Waals surface area (Å²) in [4.78, 5) is 8.90. The average Bonchev–Trinajstić information content (AvgIpc) is 2.95. The second-order valence-electron chi connectivity index (χ2n) is 9.43. The minimum Gasteiger partial charge on any atom is -0.437 e. The Morgan fingerprint density at radius 2 is 0.762 bits per heavy atom. The van der Waals surface area contributed by atoms with Gasteiger partial charge in [-0.15, -0.1) is 0 Å². The lowest BCUT2D eigenvalue weighted by Gasteiger charge is -2.18. The molecule has 204 valence electrons. The van der Waals surface area contributed by atoms with Gasteiger partial charge in [0.25, 0.3) is 0 Å². The van der Waals surface area contributed by atoms with Gasteiger partial charge in [-0.2, -0.15) is 31.0 Å². The van der Waals surface area contributed by atoms with Crippen LogP contribution in [0, 0.1) is 59.2 Å². The van der Waals surface area contributed by atoms with Gasteiger partial charge in [0.15, 0.2) is 0 Å². The zero-order chi connectivity index (χ0) is 30.0. The van der Waals surface area contributed by atoms with Gasteiger partial charge in [-0.05, 0) is 73.2 Å². The smallest absolute Gasteiger partial charge is 0.240 e. The zero-order valence-corrected chi connectivity index (χ0v) is 23.2. The first-order valence-electron chi connectivity index (χ1n) is 13.0. The van der Waals surface area contributed by atoms with Crippen molar-refractivity contribution in [1.29, 1.82) is 21.0 Å². The SMILES string of the molecule is CCc1c(C#N)c2nc(c1C#N)Oc1cc(C)cc(c1)Oc1nc(c(C#N)c(CC)c1C#N)Oc1cc(C)cc(c1)O2. The van der Waals surface area contributed by atoms with Crippen LogP contribution in [-0.2, 0) is 12.8 Å². The first kappa shape index (κ1) is 27.5. The molecule has 0 N–H and O–H groups in total. The fourth-order valence-electron chi connectivity index (χ4n) is 4.75. The molecule has 1 aliphatic rings. The van der Waals surface area contributed by atoms with E-state index in [-0.39, 0.29) is 68.8 Å². The van der Waals surface area contributed by atoms with Crippen LogP contribution in [0.15, 0.2) is 36.4 Å². The molecule has 0 radical (unpaired) electrons. The highest BCUT2D eigenvalue weighted by atomic mass is 16.5. The first-order chi connectivity index (χ1) is 20.3. The molecule has 0 amide bonds. The van der Waals surface area contributed by atoms with E-state index < -0.39 is 0 Å². The van der Waals surface area contributed by atoms with Gasteiger partial charge in [-0.3, -0.25) is 0 Å². The van der Waals surface area contributed by atoms with Crippen LogP contribution in [0.5, 0.6) is 46.5 Å². The molecule has 1 aliphatic heterocycles. The van der Waals surface area contributed by atoms with E-state index in [9.17, 15) is 21.0 Å². The van der Waals surface area contributed by atoms with Crippen LogP contribution in [-0.4, -0.2) is 9.97 Å². The van der Waals surface area contributed by atoms with Crippen molar-refractivity contribution in [2.75, 3.05) is 0 Å². The van der Waals surface area contributed by atoms with Crippen LogP contribution in [0.25, 0.3) is 0 Å². The number of hydrogen-bond acceptors (Lipinski definition) is 10. The van der Waals surface area contributed by atoms with E-state index in [1.807, 2.05) is 27.7 Å². The normalized spacial score (nSPS) is 11.2. The van der Waals surface area contributed by atoms with Crippen molar-refractivity contribution in [1.82, 2.24) is 9.97 Å². The molecule has 0 saturated heterocycles. The van der Waals surface area contributed by atoms with Gasteiger partial charge >= 0.3 is 0 Å². The lowest BCUT2D eigenvalue weighted by Crippen LogP contribution is -2.06. The Balaban J connectivity index is 1.83. The van der Waals surface area contributed by atoms with Gasteiger partial charge in [-0.25, -0.2) is 0 Å². The number of pyridine rings is 2. The Hall–Kier alpha value is -6.10. The molecule has 0 saturated carbocycles. The molecular weight excluding hydrogens is 532 g/mol.